The van der Waals surface area contributed by atoms with Gasteiger partial charge in [0.1, 0.15) is 5.58 Å². The number of sulfone groups is 1. The normalized spacial score (nSPS) is 12.1. The van der Waals surface area contributed by atoms with Crippen molar-refractivity contribution in [1.82, 2.24) is 0 Å². The molecule has 2 aromatic rings. The van der Waals surface area contributed by atoms with E-state index in [-0.39, 0.29) is 11.5 Å². The van der Waals surface area contributed by atoms with Crippen LogP contribution in [-0.2, 0) is 22.1 Å². The van der Waals surface area contributed by atoms with Gasteiger partial charge >= 0.3 is 0 Å². The molecule has 0 unspecified atom stereocenters. The molecule has 2 N–H and O–H groups in total. The number of furan rings is 1. The molecule has 0 aliphatic rings. The molecule has 0 bridgehead atoms. The third-order valence-corrected chi connectivity index (χ3v) is 4.40. The highest BCUT2D eigenvalue weighted by Crippen LogP contribution is 2.24. The molecule has 2 rings (SSSR count). The van der Waals surface area contributed by atoms with Crippen molar-refractivity contribution in [3.8, 4) is 0 Å². The van der Waals surface area contributed by atoms with E-state index in [4.69, 9.17) is 10.2 Å². The number of fused-ring (bicyclic) bond motifs is 1. The Morgan fingerprint density at radius 2 is 2.12 bits per heavy atom. The first kappa shape index (κ1) is 12.1. The minimum atomic E-state index is -3.03. The van der Waals surface area contributed by atoms with Crippen molar-refractivity contribution in [2.45, 2.75) is 19.2 Å². The monoisotopic (exact) mass is 253 g/mol. The van der Waals surface area contributed by atoms with Gasteiger partial charge in [-0.25, -0.2) is 8.42 Å². The van der Waals surface area contributed by atoms with Crippen molar-refractivity contribution in [3.63, 3.8) is 0 Å². The summed E-state index contributed by atoms with van der Waals surface area (Å²) in [6, 6.07) is 5.60. The lowest BCUT2D eigenvalue weighted by Crippen LogP contribution is -2.05. The predicted octanol–water partition coefficient (Wildman–Crippen LogP) is 1.83. The SMILES string of the molecule is CCS(=O)(=O)Cc1coc2cc(CN)ccc12. The first-order chi connectivity index (χ1) is 8.05. The Morgan fingerprint density at radius 1 is 1.35 bits per heavy atom. The molecule has 5 heteroatoms. The highest BCUT2D eigenvalue weighted by molar-refractivity contribution is 7.90. The van der Waals surface area contributed by atoms with Crippen LogP contribution in [0.4, 0.5) is 0 Å². The van der Waals surface area contributed by atoms with Crippen LogP contribution in [0.25, 0.3) is 11.0 Å². The van der Waals surface area contributed by atoms with E-state index in [2.05, 4.69) is 0 Å². The van der Waals surface area contributed by atoms with E-state index >= 15 is 0 Å². The maximum Gasteiger partial charge on any atom is 0.154 e. The van der Waals surface area contributed by atoms with Gasteiger partial charge in [0.2, 0.25) is 0 Å². The van der Waals surface area contributed by atoms with Crippen LogP contribution in [0.5, 0.6) is 0 Å². The lowest BCUT2D eigenvalue weighted by Gasteiger charge is -1.99. The molecule has 0 spiro atoms. The average molecular weight is 253 g/mol. The standard InChI is InChI=1S/C12H15NO3S/c1-2-17(14,15)8-10-7-16-12-5-9(6-13)3-4-11(10)12/h3-5,7H,2,6,8,13H2,1H3. The van der Waals surface area contributed by atoms with E-state index < -0.39 is 9.84 Å². The minimum Gasteiger partial charge on any atom is -0.464 e. The first-order valence-electron chi connectivity index (χ1n) is 5.45. The maximum absolute atomic E-state index is 11.6. The molecule has 0 atom stereocenters. The summed E-state index contributed by atoms with van der Waals surface area (Å²) in [5.74, 6) is 0.166. The number of rotatable bonds is 4. The second kappa shape index (κ2) is 4.50. The van der Waals surface area contributed by atoms with Crippen molar-refractivity contribution < 1.29 is 12.8 Å². The van der Waals surface area contributed by atoms with Crippen LogP contribution < -0.4 is 5.73 Å². The summed E-state index contributed by atoms with van der Waals surface area (Å²) in [6.45, 7) is 2.09. The highest BCUT2D eigenvalue weighted by Gasteiger charge is 2.14. The fraction of sp³-hybridized carbons (Fsp3) is 0.333. The lowest BCUT2D eigenvalue weighted by atomic mass is 10.1. The van der Waals surface area contributed by atoms with Gasteiger partial charge in [-0.05, 0) is 11.6 Å². The van der Waals surface area contributed by atoms with Crippen molar-refractivity contribution in [2.24, 2.45) is 5.73 Å². The fourth-order valence-electron chi connectivity index (χ4n) is 1.71. The Kier molecular flexibility index (Phi) is 3.22. The van der Waals surface area contributed by atoms with Gasteiger partial charge in [-0.2, -0.15) is 0 Å². The van der Waals surface area contributed by atoms with Gasteiger partial charge in [0.15, 0.2) is 9.84 Å². The molecule has 0 radical (unpaired) electrons. The zero-order chi connectivity index (χ0) is 12.5. The molecule has 0 fully saturated rings. The third kappa shape index (κ3) is 2.50. The van der Waals surface area contributed by atoms with E-state index in [0.717, 1.165) is 10.9 Å². The molecule has 0 saturated carbocycles. The van der Waals surface area contributed by atoms with E-state index in [1.165, 1.54) is 6.26 Å². The molecule has 0 aliphatic carbocycles. The molecule has 0 saturated heterocycles. The molecule has 17 heavy (non-hydrogen) atoms. The summed E-state index contributed by atoms with van der Waals surface area (Å²) in [4.78, 5) is 0. The van der Waals surface area contributed by atoms with Gasteiger partial charge in [-0.15, -0.1) is 0 Å². The summed E-state index contributed by atoms with van der Waals surface area (Å²) >= 11 is 0. The second-order valence-electron chi connectivity index (χ2n) is 3.97. The molecular formula is C12H15NO3S. The smallest absolute Gasteiger partial charge is 0.154 e. The Labute approximate surface area is 100 Å². The largest absolute Gasteiger partial charge is 0.464 e. The molecule has 92 valence electrons. The van der Waals surface area contributed by atoms with Crippen LogP contribution in [0.3, 0.4) is 0 Å². The summed E-state index contributed by atoms with van der Waals surface area (Å²) in [5.41, 5.74) is 7.91. The van der Waals surface area contributed by atoms with Crippen LogP contribution in [0, 0.1) is 0 Å². The first-order valence-corrected chi connectivity index (χ1v) is 7.27. The summed E-state index contributed by atoms with van der Waals surface area (Å²) < 4.78 is 28.5. The fourth-order valence-corrected chi connectivity index (χ4v) is 2.61. The molecule has 1 heterocycles. The molecule has 4 nitrogen and oxygen atoms in total. The number of nitrogens with two attached hydrogens (primary N) is 1. The van der Waals surface area contributed by atoms with E-state index in [0.29, 0.717) is 17.7 Å². The molecule has 0 aliphatic heterocycles. The van der Waals surface area contributed by atoms with E-state index in [9.17, 15) is 8.42 Å². The van der Waals surface area contributed by atoms with Gasteiger partial charge in [-0.3, -0.25) is 0 Å². The lowest BCUT2D eigenvalue weighted by molar-refractivity contribution is 0.592. The van der Waals surface area contributed by atoms with Gasteiger partial charge < -0.3 is 10.2 Å². The second-order valence-corrected chi connectivity index (χ2v) is 6.33. The number of hydrogen-bond donors (Lipinski definition) is 1. The molecular weight excluding hydrogens is 238 g/mol. The summed E-state index contributed by atoms with van der Waals surface area (Å²) in [7, 11) is -3.03. The zero-order valence-corrected chi connectivity index (χ0v) is 10.5. The van der Waals surface area contributed by atoms with Gasteiger partial charge in [0.25, 0.3) is 0 Å². The Morgan fingerprint density at radius 3 is 2.76 bits per heavy atom. The molecule has 1 aromatic heterocycles. The van der Waals surface area contributed by atoms with Crippen LogP contribution in [-0.4, -0.2) is 14.2 Å². The van der Waals surface area contributed by atoms with Gasteiger partial charge in [0.05, 0.1) is 12.0 Å². The highest BCUT2D eigenvalue weighted by atomic mass is 32.2. The van der Waals surface area contributed by atoms with Gasteiger partial charge in [0, 0.05) is 23.2 Å². The van der Waals surface area contributed by atoms with Crippen molar-refractivity contribution in [1.29, 1.82) is 0 Å². The van der Waals surface area contributed by atoms with Crippen LogP contribution >= 0.6 is 0 Å². The average Bonchev–Trinajstić information content (AvgIpc) is 2.71. The van der Waals surface area contributed by atoms with E-state index in [1.807, 2.05) is 18.2 Å². The quantitative estimate of drug-likeness (QED) is 0.902. The van der Waals surface area contributed by atoms with Crippen LogP contribution in [0.1, 0.15) is 18.1 Å². The van der Waals surface area contributed by atoms with Gasteiger partial charge in [-0.1, -0.05) is 19.1 Å². The predicted molar refractivity (Wildman–Crippen MR) is 67.3 cm³/mol. The zero-order valence-electron chi connectivity index (χ0n) is 9.64. The number of benzene rings is 1. The Balaban J connectivity index is 2.44. The summed E-state index contributed by atoms with van der Waals surface area (Å²) in [5, 5.41) is 0.847. The van der Waals surface area contributed by atoms with Crippen molar-refractivity contribution in [2.75, 3.05) is 5.75 Å². The Bertz CT molecular complexity index is 628. The van der Waals surface area contributed by atoms with Crippen molar-refractivity contribution >= 4 is 20.8 Å². The topological polar surface area (TPSA) is 73.3 Å². The maximum atomic E-state index is 11.6. The Hall–Kier alpha value is -1.33. The number of hydrogen-bond acceptors (Lipinski definition) is 4. The van der Waals surface area contributed by atoms with Crippen LogP contribution in [0.2, 0.25) is 0 Å². The summed E-state index contributed by atoms with van der Waals surface area (Å²) in [6.07, 6.45) is 1.51. The molecule has 1 aromatic carbocycles. The van der Waals surface area contributed by atoms with Crippen molar-refractivity contribution in [3.05, 3.63) is 35.6 Å². The third-order valence-electron chi connectivity index (χ3n) is 2.77. The van der Waals surface area contributed by atoms with E-state index in [1.54, 1.807) is 6.92 Å². The minimum absolute atomic E-state index is 0.0263. The molecule has 0 amide bonds. The van der Waals surface area contributed by atoms with Crippen LogP contribution in [0.15, 0.2) is 28.9 Å².